The van der Waals surface area contributed by atoms with E-state index in [1.807, 2.05) is 19.1 Å². The zero-order valence-electron chi connectivity index (χ0n) is 10.9. The quantitative estimate of drug-likeness (QED) is 0.846. The number of ether oxygens (including phenoxy) is 1. The number of aromatic nitrogens is 2. The zero-order chi connectivity index (χ0) is 14.5. The first-order valence-electron chi connectivity index (χ1n) is 6.07. The molecular formula is C13H14BrClN4O. The third kappa shape index (κ3) is 3.32. The lowest BCUT2D eigenvalue weighted by Crippen LogP contribution is -2.06. The predicted octanol–water partition coefficient (Wildman–Crippen LogP) is 4.01. The highest BCUT2D eigenvalue weighted by Crippen LogP contribution is 2.34. The second-order valence-electron chi connectivity index (χ2n) is 4.02. The number of rotatable bonds is 5. The van der Waals surface area contributed by atoms with E-state index in [1.54, 1.807) is 6.07 Å². The topological polar surface area (TPSA) is 73.1 Å². The lowest BCUT2D eigenvalue weighted by Gasteiger charge is -2.12. The number of anilines is 3. The van der Waals surface area contributed by atoms with Gasteiger partial charge in [0, 0.05) is 0 Å². The van der Waals surface area contributed by atoms with Gasteiger partial charge in [-0.15, -0.1) is 0 Å². The smallest absolute Gasteiger partial charge is 0.242 e. The van der Waals surface area contributed by atoms with Crippen molar-refractivity contribution in [2.75, 3.05) is 17.7 Å². The van der Waals surface area contributed by atoms with Crippen molar-refractivity contribution in [3.63, 3.8) is 0 Å². The summed E-state index contributed by atoms with van der Waals surface area (Å²) in [6, 6.07) is 5.49. The number of nitrogens with two attached hydrogens (primary N) is 1. The van der Waals surface area contributed by atoms with E-state index in [0.717, 1.165) is 16.6 Å². The Morgan fingerprint density at radius 2 is 2.20 bits per heavy atom. The van der Waals surface area contributed by atoms with Gasteiger partial charge < -0.3 is 15.8 Å². The van der Waals surface area contributed by atoms with E-state index in [9.17, 15) is 0 Å². The number of nitrogens with zero attached hydrogens (tertiary/aromatic N) is 2. The average Bonchev–Trinajstić information content (AvgIpc) is 2.44. The van der Waals surface area contributed by atoms with Crippen LogP contribution in [0.4, 0.5) is 17.2 Å². The lowest BCUT2D eigenvalue weighted by atomic mass is 10.3. The molecule has 0 saturated heterocycles. The molecule has 0 atom stereocenters. The first-order chi connectivity index (χ1) is 9.63. The van der Waals surface area contributed by atoms with Crippen LogP contribution >= 0.6 is 27.5 Å². The summed E-state index contributed by atoms with van der Waals surface area (Å²) >= 11 is 9.46. The number of nitrogens with one attached hydrogen (secondary N) is 1. The van der Waals surface area contributed by atoms with E-state index < -0.39 is 0 Å². The maximum Gasteiger partial charge on any atom is 0.242 e. The molecule has 3 N–H and O–H groups in total. The summed E-state index contributed by atoms with van der Waals surface area (Å²) in [6.07, 6.45) is 2.29. The van der Waals surface area contributed by atoms with E-state index in [4.69, 9.17) is 22.1 Å². The normalized spacial score (nSPS) is 10.3. The van der Waals surface area contributed by atoms with Crippen LogP contribution in [-0.4, -0.2) is 16.6 Å². The molecule has 0 unspecified atom stereocenters. The van der Waals surface area contributed by atoms with Gasteiger partial charge in [0.1, 0.15) is 12.0 Å². The van der Waals surface area contributed by atoms with Crippen LogP contribution < -0.4 is 15.8 Å². The number of hydrogen-bond donors (Lipinski definition) is 2. The molecular weight excluding hydrogens is 344 g/mol. The Balaban J connectivity index is 2.27. The monoisotopic (exact) mass is 356 g/mol. The Labute approximate surface area is 130 Å². The molecule has 0 saturated carbocycles. The standard InChI is InChI=1S/C13H14BrClN4O/c1-2-6-20-13-11(16)12(17-7-18-13)19-9-5-3-4-8(15)10(9)14/h3-5,7H,2,6,16H2,1H3,(H,17,18,19). The fourth-order valence-electron chi connectivity index (χ4n) is 1.52. The maximum atomic E-state index is 6.04. The van der Waals surface area contributed by atoms with Crippen molar-refractivity contribution in [2.24, 2.45) is 0 Å². The van der Waals surface area contributed by atoms with E-state index in [1.165, 1.54) is 6.33 Å². The highest BCUT2D eigenvalue weighted by Gasteiger charge is 2.11. The number of hydrogen-bond acceptors (Lipinski definition) is 5. The van der Waals surface area contributed by atoms with Gasteiger partial charge in [0.15, 0.2) is 5.82 Å². The van der Waals surface area contributed by atoms with Crippen LogP contribution in [0, 0.1) is 0 Å². The minimum Gasteiger partial charge on any atom is -0.476 e. The molecule has 1 aromatic carbocycles. The van der Waals surface area contributed by atoms with Crippen molar-refractivity contribution < 1.29 is 4.74 Å². The molecule has 0 aliphatic heterocycles. The van der Waals surface area contributed by atoms with Gasteiger partial charge in [0.05, 0.1) is 21.8 Å². The van der Waals surface area contributed by atoms with Gasteiger partial charge in [0.25, 0.3) is 0 Å². The van der Waals surface area contributed by atoms with Crippen LogP contribution in [-0.2, 0) is 0 Å². The van der Waals surface area contributed by atoms with Gasteiger partial charge in [-0.25, -0.2) is 4.98 Å². The molecule has 1 heterocycles. The summed E-state index contributed by atoms with van der Waals surface area (Å²) in [4.78, 5) is 8.14. The molecule has 0 bridgehead atoms. The first-order valence-corrected chi connectivity index (χ1v) is 7.25. The molecule has 0 radical (unpaired) electrons. The van der Waals surface area contributed by atoms with Crippen LogP contribution in [0.2, 0.25) is 5.02 Å². The largest absolute Gasteiger partial charge is 0.476 e. The van der Waals surface area contributed by atoms with Crippen molar-refractivity contribution in [3.05, 3.63) is 34.0 Å². The van der Waals surface area contributed by atoms with E-state index in [0.29, 0.717) is 29.0 Å². The molecule has 0 aliphatic rings. The summed E-state index contributed by atoms with van der Waals surface area (Å²) in [5, 5.41) is 3.71. The van der Waals surface area contributed by atoms with Crippen LogP contribution in [0.15, 0.2) is 29.0 Å². The molecule has 7 heteroatoms. The average molecular weight is 358 g/mol. The molecule has 1 aromatic heterocycles. The molecule has 2 aromatic rings. The molecule has 20 heavy (non-hydrogen) atoms. The minimum atomic E-state index is 0.368. The predicted molar refractivity (Wildman–Crippen MR) is 84.7 cm³/mol. The van der Waals surface area contributed by atoms with Crippen molar-refractivity contribution in [2.45, 2.75) is 13.3 Å². The highest BCUT2D eigenvalue weighted by molar-refractivity contribution is 9.10. The van der Waals surface area contributed by atoms with Crippen molar-refractivity contribution in [1.29, 1.82) is 0 Å². The third-order valence-electron chi connectivity index (χ3n) is 2.49. The Hall–Kier alpha value is -1.53. The Morgan fingerprint density at radius 1 is 1.40 bits per heavy atom. The lowest BCUT2D eigenvalue weighted by molar-refractivity contribution is 0.307. The summed E-state index contributed by atoms with van der Waals surface area (Å²) in [5.41, 5.74) is 7.14. The second-order valence-corrected chi connectivity index (χ2v) is 5.22. The van der Waals surface area contributed by atoms with Crippen LogP contribution in [0.25, 0.3) is 0 Å². The number of halogens is 2. The van der Waals surface area contributed by atoms with Crippen molar-refractivity contribution in [3.8, 4) is 5.88 Å². The third-order valence-corrected chi connectivity index (χ3v) is 3.89. The van der Waals surface area contributed by atoms with Gasteiger partial charge in [0.2, 0.25) is 5.88 Å². The van der Waals surface area contributed by atoms with Crippen molar-refractivity contribution >= 4 is 44.7 Å². The molecule has 0 amide bonds. The van der Waals surface area contributed by atoms with E-state index in [-0.39, 0.29) is 0 Å². The van der Waals surface area contributed by atoms with Crippen LogP contribution in [0.3, 0.4) is 0 Å². The molecule has 2 rings (SSSR count). The maximum absolute atomic E-state index is 6.04. The molecule has 0 fully saturated rings. The van der Waals surface area contributed by atoms with Crippen LogP contribution in [0.1, 0.15) is 13.3 Å². The van der Waals surface area contributed by atoms with Gasteiger partial charge in [-0.05, 0) is 34.5 Å². The van der Waals surface area contributed by atoms with Crippen molar-refractivity contribution in [1.82, 2.24) is 9.97 Å². The first kappa shape index (κ1) is 14.9. The second kappa shape index (κ2) is 6.76. The molecule has 0 spiro atoms. The molecule has 0 aliphatic carbocycles. The summed E-state index contributed by atoms with van der Waals surface area (Å²) in [6.45, 7) is 2.57. The zero-order valence-corrected chi connectivity index (χ0v) is 13.2. The molecule has 5 nitrogen and oxygen atoms in total. The SMILES string of the molecule is CCCOc1ncnc(Nc2cccc(Cl)c2Br)c1N. The van der Waals surface area contributed by atoms with Crippen LogP contribution in [0.5, 0.6) is 5.88 Å². The fourth-order valence-corrected chi connectivity index (χ4v) is 2.06. The van der Waals surface area contributed by atoms with Gasteiger partial charge >= 0.3 is 0 Å². The Morgan fingerprint density at radius 3 is 2.95 bits per heavy atom. The van der Waals surface area contributed by atoms with E-state index in [2.05, 4.69) is 31.2 Å². The number of benzene rings is 1. The Kier molecular flexibility index (Phi) is 5.03. The highest BCUT2D eigenvalue weighted by atomic mass is 79.9. The van der Waals surface area contributed by atoms with Gasteiger partial charge in [-0.3, -0.25) is 0 Å². The molecule has 106 valence electrons. The summed E-state index contributed by atoms with van der Waals surface area (Å²) in [5.74, 6) is 0.858. The summed E-state index contributed by atoms with van der Waals surface area (Å²) in [7, 11) is 0. The fraction of sp³-hybridized carbons (Fsp3) is 0.231. The van der Waals surface area contributed by atoms with Gasteiger partial charge in [-0.1, -0.05) is 24.6 Å². The number of nitrogen functional groups attached to an aromatic ring is 1. The van der Waals surface area contributed by atoms with Gasteiger partial charge in [-0.2, -0.15) is 4.98 Å². The Bertz CT molecular complexity index is 609. The summed E-state index contributed by atoms with van der Waals surface area (Å²) < 4.78 is 6.21. The van der Waals surface area contributed by atoms with E-state index >= 15 is 0 Å². The minimum absolute atomic E-state index is 0.368.